The van der Waals surface area contributed by atoms with Crippen molar-refractivity contribution in [3.63, 3.8) is 0 Å². The van der Waals surface area contributed by atoms with E-state index in [-0.39, 0.29) is 5.91 Å². The number of carbonyl (C=O) groups excluding carboxylic acids is 1. The number of nitrogens with zero attached hydrogens (tertiary/aromatic N) is 1. The van der Waals surface area contributed by atoms with Gasteiger partial charge in [-0.15, -0.1) is 0 Å². The van der Waals surface area contributed by atoms with Gasteiger partial charge in [-0.2, -0.15) is 0 Å². The van der Waals surface area contributed by atoms with Crippen molar-refractivity contribution in [1.82, 2.24) is 10.2 Å². The molecule has 19 heavy (non-hydrogen) atoms. The average Bonchev–Trinajstić information content (AvgIpc) is 3.20. The van der Waals surface area contributed by atoms with Gasteiger partial charge in [0, 0.05) is 37.1 Å². The Labute approximate surface area is 119 Å². The van der Waals surface area contributed by atoms with Gasteiger partial charge < -0.3 is 10.2 Å². The van der Waals surface area contributed by atoms with Gasteiger partial charge >= 0.3 is 0 Å². The molecule has 1 N–H and O–H groups in total. The van der Waals surface area contributed by atoms with Crippen LogP contribution >= 0.6 is 11.6 Å². The first-order chi connectivity index (χ1) is 9.19. The monoisotopic (exact) mass is 280 g/mol. The van der Waals surface area contributed by atoms with Crippen LogP contribution in [0.4, 0.5) is 0 Å². The summed E-state index contributed by atoms with van der Waals surface area (Å²) in [5.74, 6) is 0.204. The van der Waals surface area contributed by atoms with Crippen LogP contribution in [0.2, 0.25) is 5.02 Å². The lowest BCUT2D eigenvalue weighted by molar-refractivity contribution is -0.131. The zero-order valence-corrected chi connectivity index (χ0v) is 12.1. The first-order valence-corrected chi connectivity index (χ1v) is 7.32. The highest BCUT2D eigenvalue weighted by Crippen LogP contribution is 2.18. The Kier molecular flexibility index (Phi) is 5.23. The highest BCUT2D eigenvalue weighted by molar-refractivity contribution is 6.30. The van der Waals surface area contributed by atoms with Crippen LogP contribution in [-0.2, 0) is 11.3 Å². The van der Waals surface area contributed by atoms with Crippen molar-refractivity contribution in [2.24, 2.45) is 0 Å². The van der Waals surface area contributed by atoms with Gasteiger partial charge in [0.25, 0.3) is 0 Å². The van der Waals surface area contributed by atoms with Crippen LogP contribution in [0.25, 0.3) is 0 Å². The third kappa shape index (κ3) is 4.84. The van der Waals surface area contributed by atoms with E-state index < -0.39 is 0 Å². The summed E-state index contributed by atoms with van der Waals surface area (Å²) in [4.78, 5) is 14.0. The van der Waals surface area contributed by atoms with E-state index in [1.54, 1.807) is 0 Å². The second-order valence-corrected chi connectivity index (χ2v) is 5.45. The fourth-order valence-electron chi connectivity index (χ4n) is 2.06. The van der Waals surface area contributed by atoms with E-state index in [0.29, 0.717) is 19.0 Å². The van der Waals surface area contributed by atoms with Crippen LogP contribution in [0.15, 0.2) is 24.3 Å². The molecule has 0 aromatic heterocycles. The lowest BCUT2D eigenvalue weighted by Gasteiger charge is -2.21. The summed E-state index contributed by atoms with van der Waals surface area (Å²) in [6, 6.07) is 8.35. The number of halogens is 1. The Morgan fingerprint density at radius 1 is 1.47 bits per heavy atom. The van der Waals surface area contributed by atoms with Crippen molar-refractivity contribution in [3.8, 4) is 0 Å². The number of benzene rings is 1. The van der Waals surface area contributed by atoms with Gasteiger partial charge in [-0.1, -0.05) is 23.7 Å². The van der Waals surface area contributed by atoms with Crippen LogP contribution in [0.1, 0.15) is 31.7 Å². The van der Waals surface area contributed by atoms with Gasteiger partial charge in [0.2, 0.25) is 5.91 Å². The lowest BCUT2D eigenvalue weighted by Crippen LogP contribution is -2.33. The maximum atomic E-state index is 12.1. The molecule has 0 saturated heterocycles. The molecule has 0 heterocycles. The molecule has 0 aliphatic heterocycles. The molecule has 0 radical (unpaired) electrons. The van der Waals surface area contributed by atoms with Gasteiger partial charge in [-0.05, 0) is 37.5 Å². The van der Waals surface area contributed by atoms with E-state index in [0.717, 1.165) is 23.7 Å². The van der Waals surface area contributed by atoms with Gasteiger partial charge in [0.05, 0.1) is 0 Å². The Balaban J connectivity index is 1.82. The van der Waals surface area contributed by atoms with Gasteiger partial charge in [0.15, 0.2) is 0 Å². The molecule has 4 heteroatoms. The zero-order valence-electron chi connectivity index (χ0n) is 11.4. The van der Waals surface area contributed by atoms with Crippen molar-refractivity contribution >= 4 is 17.5 Å². The second-order valence-electron chi connectivity index (χ2n) is 5.02. The fourth-order valence-corrected chi connectivity index (χ4v) is 2.27. The lowest BCUT2D eigenvalue weighted by atomic mass is 10.2. The van der Waals surface area contributed by atoms with E-state index >= 15 is 0 Å². The van der Waals surface area contributed by atoms with Crippen LogP contribution < -0.4 is 5.32 Å². The SMILES string of the molecule is CCN(Cc1cccc(Cl)c1)C(=O)CCNC1CC1. The maximum Gasteiger partial charge on any atom is 0.224 e. The molecule has 1 aliphatic rings. The molecule has 2 rings (SSSR count). The van der Waals surface area contributed by atoms with E-state index in [9.17, 15) is 4.79 Å². The Morgan fingerprint density at radius 2 is 2.26 bits per heavy atom. The number of hydrogen-bond acceptors (Lipinski definition) is 2. The smallest absolute Gasteiger partial charge is 0.224 e. The summed E-state index contributed by atoms with van der Waals surface area (Å²) in [6.45, 7) is 4.17. The molecule has 1 saturated carbocycles. The summed E-state index contributed by atoms with van der Waals surface area (Å²) < 4.78 is 0. The first kappa shape index (κ1) is 14.4. The maximum absolute atomic E-state index is 12.1. The van der Waals surface area contributed by atoms with E-state index in [2.05, 4.69) is 5.32 Å². The minimum Gasteiger partial charge on any atom is -0.339 e. The van der Waals surface area contributed by atoms with Crippen molar-refractivity contribution in [2.45, 2.75) is 38.8 Å². The predicted octanol–water partition coefficient (Wildman–Crippen LogP) is 2.83. The highest BCUT2D eigenvalue weighted by Gasteiger charge is 2.20. The Hall–Kier alpha value is -1.06. The molecule has 1 aromatic carbocycles. The van der Waals surface area contributed by atoms with Crippen molar-refractivity contribution in [3.05, 3.63) is 34.9 Å². The number of amides is 1. The molecular weight excluding hydrogens is 260 g/mol. The number of nitrogens with one attached hydrogen (secondary N) is 1. The molecule has 1 aliphatic carbocycles. The standard InChI is InChI=1S/C15H21ClN2O/c1-2-18(11-12-4-3-5-13(16)10-12)15(19)8-9-17-14-6-7-14/h3-5,10,14,17H,2,6-9,11H2,1H3. The summed E-state index contributed by atoms with van der Waals surface area (Å²) in [5, 5.41) is 4.09. The Morgan fingerprint density at radius 3 is 2.89 bits per heavy atom. The Bertz CT molecular complexity index is 432. The predicted molar refractivity (Wildman–Crippen MR) is 78.2 cm³/mol. The second kappa shape index (κ2) is 6.92. The molecule has 104 valence electrons. The molecule has 0 spiro atoms. The van der Waals surface area contributed by atoms with Gasteiger partial charge in [-0.25, -0.2) is 0 Å². The zero-order chi connectivity index (χ0) is 13.7. The molecular formula is C15H21ClN2O. The highest BCUT2D eigenvalue weighted by atomic mass is 35.5. The third-order valence-corrected chi connectivity index (χ3v) is 3.58. The molecule has 3 nitrogen and oxygen atoms in total. The quantitative estimate of drug-likeness (QED) is 0.833. The molecule has 1 aromatic rings. The summed E-state index contributed by atoms with van der Waals surface area (Å²) in [5.41, 5.74) is 1.08. The summed E-state index contributed by atoms with van der Waals surface area (Å²) in [7, 11) is 0. The molecule has 1 amide bonds. The van der Waals surface area contributed by atoms with Crippen molar-refractivity contribution in [1.29, 1.82) is 0 Å². The minimum atomic E-state index is 0.204. The topological polar surface area (TPSA) is 32.3 Å². The van der Waals surface area contributed by atoms with E-state index in [1.807, 2.05) is 36.1 Å². The molecule has 0 atom stereocenters. The third-order valence-electron chi connectivity index (χ3n) is 3.35. The molecule has 0 unspecified atom stereocenters. The van der Waals surface area contributed by atoms with E-state index in [1.165, 1.54) is 12.8 Å². The number of carbonyl (C=O) groups is 1. The number of hydrogen-bond donors (Lipinski definition) is 1. The van der Waals surface area contributed by atoms with Crippen molar-refractivity contribution in [2.75, 3.05) is 13.1 Å². The summed E-state index contributed by atoms with van der Waals surface area (Å²) >= 11 is 5.96. The van der Waals surface area contributed by atoms with Gasteiger partial charge in [0.1, 0.15) is 0 Å². The average molecular weight is 281 g/mol. The van der Waals surface area contributed by atoms with E-state index in [4.69, 9.17) is 11.6 Å². The normalized spacial score (nSPS) is 14.4. The fraction of sp³-hybridized carbons (Fsp3) is 0.533. The summed E-state index contributed by atoms with van der Waals surface area (Å²) in [6.07, 6.45) is 3.09. The van der Waals surface area contributed by atoms with Gasteiger partial charge in [-0.3, -0.25) is 4.79 Å². The van der Waals surface area contributed by atoms with Crippen LogP contribution in [-0.4, -0.2) is 29.9 Å². The van der Waals surface area contributed by atoms with Crippen LogP contribution in [0, 0.1) is 0 Å². The largest absolute Gasteiger partial charge is 0.339 e. The van der Waals surface area contributed by atoms with Crippen LogP contribution in [0.5, 0.6) is 0 Å². The van der Waals surface area contributed by atoms with Crippen molar-refractivity contribution < 1.29 is 4.79 Å². The minimum absolute atomic E-state index is 0.204. The molecule has 0 bridgehead atoms. The number of rotatable bonds is 7. The first-order valence-electron chi connectivity index (χ1n) is 6.94. The molecule has 1 fully saturated rings. The van der Waals surface area contributed by atoms with Crippen LogP contribution in [0.3, 0.4) is 0 Å².